The van der Waals surface area contributed by atoms with Crippen LogP contribution in [0, 0.1) is 6.92 Å². The molecule has 0 saturated carbocycles. The van der Waals surface area contributed by atoms with E-state index >= 15 is 0 Å². The minimum Gasteiger partial charge on any atom is -0.495 e. The fourth-order valence-corrected chi connectivity index (χ4v) is 2.15. The molecule has 0 amide bonds. The highest BCUT2D eigenvalue weighted by Gasteiger charge is 2.17. The van der Waals surface area contributed by atoms with Crippen molar-refractivity contribution in [1.29, 1.82) is 0 Å². The number of aryl methyl sites for hydroxylation is 1. The minimum atomic E-state index is -0.160. The smallest absolute Gasteiger partial charge is 0.249 e. The van der Waals surface area contributed by atoms with Gasteiger partial charge < -0.3 is 19.0 Å². The maximum atomic E-state index is 5.36. The molecule has 1 N–H and O–H groups in total. The zero-order chi connectivity index (χ0) is 15.5. The third-order valence-corrected chi connectivity index (χ3v) is 3.28. The summed E-state index contributed by atoms with van der Waals surface area (Å²) in [6.07, 6.45) is 1.57. The zero-order valence-electron chi connectivity index (χ0n) is 12.7. The van der Waals surface area contributed by atoms with Crippen LogP contribution in [0.2, 0.25) is 0 Å². The number of aromatic nitrogens is 2. The molecule has 0 aliphatic rings. The van der Waals surface area contributed by atoms with Crippen molar-refractivity contribution in [2.75, 3.05) is 12.4 Å². The lowest BCUT2D eigenvalue weighted by Crippen LogP contribution is -2.08. The van der Waals surface area contributed by atoms with Gasteiger partial charge in [-0.15, -0.1) is 0 Å². The number of benzene rings is 1. The lowest BCUT2D eigenvalue weighted by atomic mass is 10.2. The molecule has 2 aromatic heterocycles. The monoisotopic (exact) mass is 299 g/mol. The van der Waals surface area contributed by atoms with Crippen molar-refractivity contribution in [2.45, 2.75) is 19.9 Å². The molecular weight excluding hydrogens is 282 g/mol. The van der Waals surface area contributed by atoms with Crippen LogP contribution in [-0.2, 0) is 0 Å². The lowest BCUT2D eigenvalue weighted by molar-refractivity contribution is 0.366. The fourth-order valence-electron chi connectivity index (χ4n) is 2.15. The van der Waals surface area contributed by atoms with Crippen LogP contribution < -0.4 is 10.1 Å². The molecule has 0 aliphatic heterocycles. The normalized spacial score (nSPS) is 12.1. The van der Waals surface area contributed by atoms with Crippen LogP contribution in [0.15, 0.2) is 45.5 Å². The molecule has 0 spiro atoms. The minimum absolute atomic E-state index is 0.160. The number of rotatable bonds is 5. The molecule has 1 aromatic carbocycles. The largest absolute Gasteiger partial charge is 0.495 e. The lowest BCUT2D eigenvalue weighted by Gasteiger charge is -2.15. The first kappa shape index (κ1) is 14.2. The van der Waals surface area contributed by atoms with Crippen molar-refractivity contribution in [1.82, 2.24) is 10.1 Å². The highest BCUT2D eigenvalue weighted by Crippen LogP contribution is 2.29. The van der Waals surface area contributed by atoms with Crippen LogP contribution >= 0.6 is 0 Å². The van der Waals surface area contributed by atoms with Crippen LogP contribution in [0.1, 0.15) is 24.4 Å². The summed E-state index contributed by atoms with van der Waals surface area (Å²) in [5.74, 6) is 2.26. The standard InChI is InChI=1S/C16H17N3O3/c1-10-6-7-13(20-3)12(9-10)17-11(2)16-18-15(19-22-16)14-5-4-8-21-14/h4-9,11,17H,1-3H3/t11-/m1/s1. The van der Waals surface area contributed by atoms with Gasteiger partial charge in [-0.2, -0.15) is 4.98 Å². The number of ether oxygens (including phenoxy) is 1. The highest BCUT2D eigenvalue weighted by molar-refractivity contribution is 5.58. The molecule has 0 bridgehead atoms. The molecule has 0 saturated heterocycles. The van der Waals surface area contributed by atoms with Gasteiger partial charge in [0.15, 0.2) is 5.76 Å². The second kappa shape index (κ2) is 5.93. The molecule has 6 heteroatoms. The summed E-state index contributed by atoms with van der Waals surface area (Å²) in [5, 5.41) is 7.26. The van der Waals surface area contributed by atoms with Crippen molar-refractivity contribution < 1.29 is 13.7 Å². The summed E-state index contributed by atoms with van der Waals surface area (Å²) >= 11 is 0. The van der Waals surface area contributed by atoms with E-state index in [4.69, 9.17) is 13.7 Å². The van der Waals surface area contributed by atoms with Crippen molar-refractivity contribution in [3.8, 4) is 17.3 Å². The molecule has 3 rings (SSSR count). The number of furan rings is 1. The van der Waals surface area contributed by atoms with Crippen LogP contribution in [-0.4, -0.2) is 17.3 Å². The van der Waals surface area contributed by atoms with Gasteiger partial charge in [-0.3, -0.25) is 0 Å². The Labute approximate surface area is 128 Å². The van der Waals surface area contributed by atoms with Crippen molar-refractivity contribution in [3.63, 3.8) is 0 Å². The van der Waals surface area contributed by atoms with E-state index in [9.17, 15) is 0 Å². The summed E-state index contributed by atoms with van der Waals surface area (Å²) in [6, 6.07) is 9.34. The van der Waals surface area contributed by atoms with Crippen LogP contribution in [0.25, 0.3) is 11.6 Å². The van der Waals surface area contributed by atoms with Crippen LogP contribution in [0.4, 0.5) is 5.69 Å². The van der Waals surface area contributed by atoms with Gasteiger partial charge in [-0.1, -0.05) is 11.2 Å². The Kier molecular flexibility index (Phi) is 3.82. The van der Waals surface area contributed by atoms with Crippen molar-refractivity contribution in [3.05, 3.63) is 48.0 Å². The SMILES string of the molecule is COc1ccc(C)cc1N[C@H](C)c1nc(-c2ccco2)no1. The molecule has 0 fully saturated rings. The number of hydrogen-bond donors (Lipinski definition) is 1. The Bertz CT molecular complexity index is 750. The topological polar surface area (TPSA) is 73.3 Å². The number of nitrogens with zero attached hydrogens (tertiary/aromatic N) is 2. The molecule has 3 aromatic rings. The van der Waals surface area contributed by atoms with E-state index in [2.05, 4.69) is 15.5 Å². The molecule has 0 aliphatic carbocycles. The summed E-state index contributed by atoms with van der Waals surface area (Å²) in [5.41, 5.74) is 2.02. The molecule has 6 nitrogen and oxygen atoms in total. The average Bonchev–Trinajstić information content (AvgIpc) is 3.18. The van der Waals surface area contributed by atoms with Crippen molar-refractivity contribution in [2.24, 2.45) is 0 Å². The van der Waals surface area contributed by atoms with Gasteiger partial charge in [0, 0.05) is 0 Å². The van der Waals surface area contributed by atoms with Crippen molar-refractivity contribution >= 4 is 5.69 Å². The maximum Gasteiger partial charge on any atom is 0.249 e. The van der Waals surface area contributed by atoms with Gasteiger partial charge in [0.05, 0.1) is 19.1 Å². The van der Waals surface area contributed by atoms with Gasteiger partial charge in [0.1, 0.15) is 11.8 Å². The summed E-state index contributed by atoms with van der Waals surface area (Å²) in [4.78, 5) is 4.35. The Morgan fingerprint density at radius 2 is 2.14 bits per heavy atom. The van der Waals surface area contributed by atoms with Gasteiger partial charge in [0.25, 0.3) is 0 Å². The zero-order valence-corrected chi connectivity index (χ0v) is 12.7. The number of methoxy groups -OCH3 is 1. The predicted octanol–water partition coefficient (Wildman–Crippen LogP) is 3.82. The van der Waals surface area contributed by atoms with Gasteiger partial charge in [-0.05, 0) is 43.7 Å². The van der Waals surface area contributed by atoms with E-state index in [1.54, 1.807) is 25.5 Å². The van der Waals surface area contributed by atoms with E-state index < -0.39 is 0 Å². The molecular formula is C16H17N3O3. The Morgan fingerprint density at radius 3 is 2.86 bits per heavy atom. The highest BCUT2D eigenvalue weighted by atomic mass is 16.5. The Hall–Kier alpha value is -2.76. The van der Waals surface area contributed by atoms with E-state index in [-0.39, 0.29) is 6.04 Å². The van der Waals surface area contributed by atoms with E-state index in [0.717, 1.165) is 17.0 Å². The Balaban J connectivity index is 1.80. The molecule has 22 heavy (non-hydrogen) atoms. The maximum absolute atomic E-state index is 5.36. The van der Waals surface area contributed by atoms with Gasteiger partial charge in [-0.25, -0.2) is 0 Å². The Morgan fingerprint density at radius 1 is 1.27 bits per heavy atom. The third kappa shape index (κ3) is 2.81. The second-order valence-corrected chi connectivity index (χ2v) is 5.00. The molecule has 0 unspecified atom stereocenters. The number of hydrogen-bond acceptors (Lipinski definition) is 6. The molecule has 2 heterocycles. The van der Waals surface area contributed by atoms with Crippen LogP contribution in [0.3, 0.4) is 0 Å². The third-order valence-electron chi connectivity index (χ3n) is 3.28. The first-order valence-corrected chi connectivity index (χ1v) is 6.96. The summed E-state index contributed by atoms with van der Waals surface area (Å²) in [7, 11) is 1.64. The fraction of sp³-hybridized carbons (Fsp3) is 0.250. The van der Waals surface area contributed by atoms with Gasteiger partial charge >= 0.3 is 0 Å². The second-order valence-electron chi connectivity index (χ2n) is 5.00. The first-order valence-electron chi connectivity index (χ1n) is 6.96. The number of nitrogens with one attached hydrogen (secondary N) is 1. The van der Waals surface area contributed by atoms with E-state index in [1.807, 2.05) is 32.0 Å². The summed E-state index contributed by atoms with van der Waals surface area (Å²) in [6.45, 7) is 3.97. The summed E-state index contributed by atoms with van der Waals surface area (Å²) < 4.78 is 15.9. The molecule has 0 radical (unpaired) electrons. The van der Waals surface area contributed by atoms with E-state index in [0.29, 0.717) is 17.5 Å². The number of anilines is 1. The van der Waals surface area contributed by atoms with E-state index in [1.165, 1.54) is 0 Å². The van der Waals surface area contributed by atoms with Gasteiger partial charge in [0.2, 0.25) is 11.7 Å². The predicted molar refractivity (Wildman–Crippen MR) is 81.8 cm³/mol. The molecule has 114 valence electrons. The molecule has 1 atom stereocenters. The quantitative estimate of drug-likeness (QED) is 0.772. The van der Waals surface area contributed by atoms with Crippen LogP contribution in [0.5, 0.6) is 5.75 Å². The first-order chi connectivity index (χ1) is 10.7. The average molecular weight is 299 g/mol.